The van der Waals surface area contributed by atoms with Gasteiger partial charge >= 0.3 is 0 Å². The van der Waals surface area contributed by atoms with Gasteiger partial charge in [0.05, 0.1) is 5.71 Å². The van der Waals surface area contributed by atoms with Crippen LogP contribution in [0.4, 0.5) is 0 Å². The van der Waals surface area contributed by atoms with Crippen molar-refractivity contribution in [3.8, 4) is 0 Å². The molecule has 0 saturated carbocycles. The Bertz CT molecular complexity index is 459. The third kappa shape index (κ3) is 3.03. The molecule has 0 bridgehead atoms. The van der Waals surface area contributed by atoms with Crippen molar-refractivity contribution in [3.63, 3.8) is 0 Å². The summed E-state index contributed by atoms with van der Waals surface area (Å²) in [7, 11) is 0. The molecule has 1 fully saturated rings. The average molecular weight is 267 g/mol. The third-order valence-electron chi connectivity index (χ3n) is 3.52. The van der Waals surface area contributed by atoms with Gasteiger partial charge in [-0.25, -0.2) is 0 Å². The minimum atomic E-state index is 0.313. The summed E-state index contributed by atoms with van der Waals surface area (Å²) in [5.74, 6) is 0.313. The van der Waals surface area contributed by atoms with Gasteiger partial charge in [-0.1, -0.05) is 35.8 Å². The fourth-order valence-corrected chi connectivity index (χ4v) is 2.71. The average Bonchev–Trinajstić information content (AvgIpc) is 2.33. The van der Waals surface area contributed by atoms with Crippen LogP contribution in [0.15, 0.2) is 23.4 Å². The van der Waals surface area contributed by atoms with Gasteiger partial charge in [0.2, 0.25) is 0 Å². The van der Waals surface area contributed by atoms with E-state index in [0.29, 0.717) is 5.92 Å². The summed E-state index contributed by atoms with van der Waals surface area (Å²) in [6, 6.07) is 6.19. The van der Waals surface area contributed by atoms with Crippen LogP contribution in [0, 0.1) is 12.8 Å². The van der Waals surface area contributed by atoms with Crippen molar-refractivity contribution in [3.05, 3.63) is 34.3 Å². The molecule has 1 atom stereocenters. The van der Waals surface area contributed by atoms with E-state index in [1.165, 1.54) is 11.1 Å². The van der Waals surface area contributed by atoms with E-state index in [-0.39, 0.29) is 0 Å². The van der Waals surface area contributed by atoms with E-state index in [1.54, 1.807) is 0 Å². The van der Waals surface area contributed by atoms with Crippen molar-refractivity contribution in [2.24, 2.45) is 11.1 Å². The molecule has 1 N–H and O–H groups in total. The van der Waals surface area contributed by atoms with Crippen LogP contribution in [-0.2, 0) is 6.54 Å². The van der Waals surface area contributed by atoms with Crippen LogP contribution in [0.3, 0.4) is 0 Å². The van der Waals surface area contributed by atoms with E-state index >= 15 is 0 Å². The second kappa shape index (κ2) is 5.72. The molecule has 98 valence electrons. The lowest BCUT2D eigenvalue weighted by Gasteiger charge is -2.31. The van der Waals surface area contributed by atoms with Gasteiger partial charge in [-0.3, -0.25) is 4.90 Å². The number of aryl methyl sites for hydroxylation is 1. The molecule has 1 aromatic rings. The van der Waals surface area contributed by atoms with Crippen LogP contribution in [-0.4, -0.2) is 28.9 Å². The number of hydrogen-bond acceptors (Lipinski definition) is 3. The van der Waals surface area contributed by atoms with E-state index < -0.39 is 0 Å². The Morgan fingerprint density at radius 2 is 2.28 bits per heavy atom. The number of oxime groups is 1. The lowest BCUT2D eigenvalue weighted by Crippen LogP contribution is -2.39. The lowest BCUT2D eigenvalue weighted by molar-refractivity contribution is 0.228. The molecule has 1 aliphatic heterocycles. The fraction of sp³-hybridized carbons (Fsp3) is 0.500. The first-order chi connectivity index (χ1) is 8.60. The van der Waals surface area contributed by atoms with Crippen LogP contribution in [0.25, 0.3) is 0 Å². The van der Waals surface area contributed by atoms with Gasteiger partial charge in [0, 0.05) is 37.0 Å². The molecule has 1 unspecified atom stereocenters. The second-order valence-electron chi connectivity index (χ2n) is 5.07. The molecule has 0 radical (unpaired) electrons. The topological polar surface area (TPSA) is 35.8 Å². The van der Waals surface area contributed by atoms with Crippen LogP contribution in [0.1, 0.15) is 24.5 Å². The van der Waals surface area contributed by atoms with Gasteiger partial charge in [-0.15, -0.1) is 0 Å². The summed E-state index contributed by atoms with van der Waals surface area (Å²) in [6.07, 6.45) is 0.834. The lowest BCUT2D eigenvalue weighted by atomic mass is 9.97. The van der Waals surface area contributed by atoms with Gasteiger partial charge in [-0.2, -0.15) is 0 Å². The predicted molar refractivity (Wildman–Crippen MR) is 74.5 cm³/mol. The highest BCUT2D eigenvalue weighted by Gasteiger charge is 2.22. The molecule has 4 heteroatoms. The first kappa shape index (κ1) is 13.4. The number of rotatable bonds is 2. The molecule has 1 heterocycles. The molecule has 0 spiro atoms. The zero-order chi connectivity index (χ0) is 13.1. The summed E-state index contributed by atoms with van der Waals surface area (Å²) in [5, 5.41) is 13.1. The van der Waals surface area contributed by atoms with E-state index in [2.05, 4.69) is 29.1 Å². The maximum Gasteiger partial charge on any atom is 0.0624 e. The highest BCUT2D eigenvalue weighted by Crippen LogP contribution is 2.22. The first-order valence-electron chi connectivity index (χ1n) is 6.28. The first-order valence-corrected chi connectivity index (χ1v) is 6.66. The van der Waals surface area contributed by atoms with Crippen LogP contribution >= 0.6 is 11.6 Å². The summed E-state index contributed by atoms with van der Waals surface area (Å²) in [5.41, 5.74) is 3.26. The Kier molecular flexibility index (Phi) is 4.25. The SMILES string of the molecule is Cc1ccc(CN2CC/C(=N\O)C(C)C2)c(Cl)c1. The number of halogens is 1. The Morgan fingerprint density at radius 1 is 1.50 bits per heavy atom. The highest BCUT2D eigenvalue weighted by atomic mass is 35.5. The summed E-state index contributed by atoms with van der Waals surface area (Å²) in [6.45, 7) is 6.85. The quantitative estimate of drug-likeness (QED) is 0.658. The number of hydrogen-bond donors (Lipinski definition) is 1. The molecule has 1 saturated heterocycles. The normalized spacial score (nSPS) is 23.5. The molecule has 0 aliphatic carbocycles. The Labute approximate surface area is 113 Å². The largest absolute Gasteiger partial charge is 0.411 e. The van der Waals surface area contributed by atoms with Crippen LogP contribution in [0.2, 0.25) is 5.02 Å². The fourth-order valence-electron chi connectivity index (χ4n) is 2.42. The van der Waals surface area contributed by atoms with Crippen molar-refractivity contribution in [1.29, 1.82) is 0 Å². The van der Waals surface area contributed by atoms with Crippen LogP contribution < -0.4 is 0 Å². The molecule has 2 rings (SSSR count). The summed E-state index contributed by atoms with van der Waals surface area (Å²) < 4.78 is 0. The molecule has 0 amide bonds. The monoisotopic (exact) mass is 266 g/mol. The van der Waals surface area contributed by atoms with Gasteiger partial charge < -0.3 is 5.21 Å². The maximum absolute atomic E-state index is 8.86. The highest BCUT2D eigenvalue weighted by molar-refractivity contribution is 6.31. The van der Waals surface area contributed by atoms with Gasteiger partial charge in [0.1, 0.15) is 0 Å². The molecule has 0 aromatic heterocycles. The van der Waals surface area contributed by atoms with E-state index in [4.69, 9.17) is 16.8 Å². The molecular weight excluding hydrogens is 248 g/mol. The molecule has 18 heavy (non-hydrogen) atoms. The summed E-state index contributed by atoms with van der Waals surface area (Å²) in [4.78, 5) is 2.36. The molecule has 3 nitrogen and oxygen atoms in total. The maximum atomic E-state index is 8.86. The van der Waals surface area contributed by atoms with E-state index in [9.17, 15) is 0 Å². The van der Waals surface area contributed by atoms with Crippen molar-refractivity contribution in [1.82, 2.24) is 4.90 Å². The van der Waals surface area contributed by atoms with Gasteiger partial charge in [0.15, 0.2) is 0 Å². The summed E-state index contributed by atoms with van der Waals surface area (Å²) >= 11 is 6.25. The van der Waals surface area contributed by atoms with Crippen molar-refractivity contribution in [2.45, 2.75) is 26.8 Å². The smallest absolute Gasteiger partial charge is 0.0624 e. The number of likely N-dealkylation sites (tertiary alicyclic amines) is 1. The van der Waals surface area contributed by atoms with Crippen LogP contribution in [0.5, 0.6) is 0 Å². The zero-order valence-corrected chi connectivity index (χ0v) is 11.6. The van der Waals surface area contributed by atoms with Gasteiger partial charge in [0.25, 0.3) is 0 Å². The van der Waals surface area contributed by atoms with Crippen molar-refractivity contribution < 1.29 is 5.21 Å². The minimum absolute atomic E-state index is 0.313. The Morgan fingerprint density at radius 3 is 2.89 bits per heavy atom. The number of benzene rings is 1. The number of piperidine rings is 1. The zero-order valence-electron chi connectivity index (χ0n) is 10.9. The van der Waals surface area contributed by atoms with E-state index in [0.717, 1.165) is 36.8 Å². The van der Waals surface area contributed by atoms with E-state index in [1.807, 2.05) is 13.0 Å². The minimum Gasteiger partial charge on any atom is -0.411 e. The van der Waals surface area contributed by atoms with Gasteiger partial charge in [-0.05, 0) is 24.1 Å². The van der Waals surface area contributed by atoms with Crippen molar-refractivity contribution >= 4 is 17.3 Å². The third-order valence-corrected chi connectivity index (χ3v) is 3.87. The molecular formula is C14H19ClN2O. The predicted octanol–water partition coefficient (Wildman–Crippen LogP) is 3.32. The molecule has 1 aliphatic rings. The Hall–Kier alpha value is -1.06. The second-order valence-corrected chi connectivity index (χ2v) is 5.48. The van der Waals surface area contributed by atoms with Crippen molar-refractivity contribution in [2.75, 3.05) is 13.1 Å². The standard InChI is InChI=1S/C14H19ClN2O/c1-10-3-4-12(13(15)7-10)9-17-6-5-14(16-18)11(2)8-17/h3-4,7,11,18H,5-6,8-9H2,1-2H3/b16-14+. The Balaban J connectivity index is 2.02. The molecule has 1 aromatic carbocycles. The number of nitrogens with zero attached hydrogens (tertiary/aromatic N) is 2.